The SMILES string of the molecule is CCc1ccc(N2C(=O)[C@H]3[C@H](CC=C4[C@H]3C[C@H]3C(=O)N(Nc5ccc(F)cc5)C(=O)[C@@]3(c3ccc(Cl)cc3)[C@H]4c3c(O)cc(OC)cc3OC)C2=O)cc1. The molecule has 1 saturated carbocycles. The minimum Gasteiger partial charge on any atom is -0.507 e. The molecule has 2 N–H and O–H groups in total. The molecule has 3 fully saturated rings. The Bertz CT molecular complexity index is 2230. The second kappa shape index (κ2) is 13.3. The Balaban J connectivity index is 1.35. The van der Waals surface area contributed by atoms with Crippen LogP contribution in [0.3, 0.4) is 0 Å². The summed E-state index contributed by atoms with van der Waals surface area (Å²) in [4.78, 5) is 60.2. The molecule has 2 aliphatic heterocycles. The van der Waals surface area contributed by atoms with E-state index in [9.17, 15) is 23.9 Å². The van der Waals surface area contributed by atoms with Gasteiger partial charge in [0.25, 0.3) is 11.8 Å². The Labute approximate surface area is 316 Å². The van der Waals surface area contributed by atoms with Crippen LogP contribution in [-0.4, -0.2) is 48.0 Å². The zero-order valence-corrected chi connectivity index (χ0v) is 30.5. The fourth-order valence-electron chi connectivity index (χ4n) is 9.27. The summed E-state index contributed by atoms with van der Waals surface area (Å²) in [6.07, 6.45) is 2.93. The summed E-state index contributed by atoms with van der Waals surface area (Å²) in [6, 6.07) is 22.3. The average Bonchev–Trinajstić information content (AvgIpc) is 3.56. The number of methoxy groups -OCH3 is 2. The molecule has 0 radical (unpaired) electrons. The second-order valence-corrected chi connectivity index (χ2v) is 14.6. The molecule has 10 nitrogen and oxygen atoms in total. The van der Waals surface area contributed by atoms with E-state index in [1.54, 1.807) is 42.5 Å². The van der Waals surface area contributed by atoms with Crippen molar-refractivity contribution >= 4 is 46.6 Å². The predicted molar refractivity (Wildman–Crippen MR) is 199 cm³/mol. The van der Waals surface area contributed by atoms with Gasteiger partial charge in [-0.3, -0.25) is 29.5 Å². The molecule has 8 rings (SSSR count). The quantitative estimate of drug-likeness (QED) is 0.147. The summed E-state index contributed by atoms with van der Waals surface area (Å²) in [6.45, 7) is 2.02. The van der Waals surface area contributed by atoms with Crippen LogP contribution in [-0.2, 0) is 31.0 Å². The van der Waals surface area contributed by atoms with E-state index in [1.165, 1.54) is 49.5 Å². The van der Waals surface area contributed by atoms with Crippen molar-refractivity contribution in [2.45, 2.75) is 37.5 Å². The number of hydrazine groups is 1. The number of hydrogen-bond donors (Lipinski definition) is 2. The molecule has 0 unspecified atom stereocenters. The van der Waals surface area contributed by atoms with Crippen molar-refractivity contribution in [2.75, 3.05) is 24.5 Å². The van der Waals surface area contributed by atoms with Crippen LogP contribution < -0.4 is 19.8 Å². The number of carbonyl (C=O) groups excluding carboxylic acids is 4. The largest absolute Gasteiger partial charge is 0.507 e. The lowest BCUT2D eigenvalue weighted by Gasteiger charge is -2.50. The molecule has 276 valence electrons. The summed E-state index contributed by atoms with van der Waals surface area (Å²) >= 11 is 6.38. The highest BCUT2D eigenvalue weighted by Gasteiger charge is 2.71. The van der Waals surface area contributed by atoms with Crippen molar-refractivity contribution in [1.82, 2.24) is 5.01 Å². The highest BCUT2D eigenvalue weighted by atomic mass is 35.5. The van der Waals surface area contributed by atoms with Gasteiger partial charge in [-0.15, -0.1) is 0 Å². The van der Waals surface area contributed by atoms with Crippen LogP contribution in [0, 0.1) is 29.5 Å². The molecule has 4 aliphatic rings. The number of nitrogens with zero attached hydrogens (tertiary/aromatic N) is 2. The Morgan fingerprint density at radius 3 is 2.24 bits per heavy atom. The first-order valence-corrected chi connectivity index (χ1v) is 18.2. The molecule has 2 saturated heterocycles. The number of hydrogen-bond acceptors (Lipinski definition) is 8. The van der Waals surface area contributed by atoms with E-state index in [0.29, 0.717) is 33.3 Å². The Morgan fingerprint density at radius 2 is 1.59 bits per heavy atom. The number of ether oxygens (including phenoxy) is 2. The van der Waals surface area contributed by atoms with Crippen molar-refractivity contribution < 1.29 is 38.1 Å². The number of rotatable bonds is 8. The van der Waals surface area contributed by atoms with Gasteiger partial charge in [0.15, 0.2) is 0 Å². The number of anilines is 2. The summed E-state index contributed by atoms with van der Waals surface area (Å²) in [5.41, 5.74) is 4.35. The molecule has 2 heterocycles. The van der Waals surface area contributed by atoms with Crippen molar-refractivity contribution in [3.8, 4) is 17.2 Å². The minimum atomic E-state index is -1.70. The molecule has 6 atom stereocenters. The first kappa shape index (κ1) is 35.4. The number of phenolic OH excluding ortho intramolecular Hbond substituents is 1. The van der Waals surface area contributed by atoms with Crippen LogP contribution in [0.15, 0.2) is 96.6 Å². The number of phenols is 1. The zero-order chi connectivity index (χ0) is 38.1. The van der Waals surface area contributed by atoms with Crippen LogP contribution in [0.2, 0.25) is 5.02 Å². The Morgan fingerprint density at radius 1 is 0.889 bits per heavy atom. The zero-order valence-electron chi connectivity index (χ0n) is 29.7. The maximum Gasteiger partial charge on any atom is 0.260 e. The maximum atomic E-state index is 15.4. The second-order valence-electron chi connectivity index (χ2n) is 14.2. The van der Waals surface area contributed by atoms with Gasteiger partial charge in [-0.05, 0) is 84.8 Å². The van der Waals surface area contributed by atoms with E-state index in [2.05, 4.69) is 5.43 Å². The average molecular weight is 750 g/mol. The number of aromatic hydroxyl groups is 1. The molecule has 54 heavy (non-hydrogen) atoms. The minimum absolute atomic E-state index is 0.0408. The summed E-state index contributed by atoms with van der Waals surface area (Å²) in [7, 11) is 2.88. The van der Waals surface area contributed by atoms with E-state index in [1.807, 2.05) is 25.1 Å². The van der Waals surface area contributed by atoms with E-state index in [0.717, 1.165) is 17.0 Å². The number of aryl methyl sites for hydroxylation is 1. The Kier molecular flexibility index (Phi) is 8.72. The predicted octanol–water partition coefficient (Wildman–Crippen LogP) is 6.95. The number of fused-ring (bicyclic) bond motifs is 4. The van der Waals surface area contributed by atoms with E-state index < -0.39 is 52.6 Å². The highest BCUT2D eigenvalue weighted by molar-refractivity contribution is 6.30. The number of carbonyl (C=O) groups is 4. The summed E-state index contributed by atoms with van der Waals surface area (Å²) < 4.78 is 25.3. The van der Waals surface area contributed by atoms with Crippen LogP contribution in [0.4, 0.5) is 15.8 Å². The van der Waals surface area contributed by atoms with E-state index in [-0.39, 0.29) is 41.7 Å². The fourth-order valence-corrected chi connectivity index (χ4v) is 9.39. The molecular weight excluding hydrogens is 713 g/mol. The molecule has 12 heteroatoms. The monoisotopic (exact) mass is 749 g/mol. The lowest BCUT2D eigenvalue weighted by atomic mass is 9.49. The van der Waals surface area contributed by atoms with Crippen LogP contribution in [0.25, 0.3) is 0 Å². The molecular formula is C42H37ClFN3O7. The van der Waals surface area contributed by atoms with Crippen LogP contribution in [0.1, 0.15) is 42.4 Å². The lowest BCUT2D eigenvalue weighted by molar-refractivity contribution is -0.138. The van der Waals surface area contributed by atoms with Crippen molar-refractivity contribution in [3.05, 3.63) is 124 Å². The third kappa shape index (κ3) is 5.20. The molecule has 0 aromatic heterocycles. The molecule has 0 bridgehead atoms. The third-order valence-electron chi connectivity index (χ3n) is 11.7. The smallest absolute Gasteiger partial charge is 0.260 e. The van der Waals surface area contributed by atoms with Crippen molar-refractivity contribution in [1.29, 1.82) is 0 Å². The van der Waals surface area contributed by atoms with Crippen molar-refractivity contribution in [2.24, 2.45) is 23.7 Å². The van der Waals surface area contributed by atoms with E-state index in [4.69, 9.17) is 21.1 Å². The van der Waals surface area contributed by atoms with Gasteiger partial charge in [0.05, 0.1) is 48.8 Å². The standard InChI is InChI=1S/C42H37ClFN3O7/c1-4-22-5-15-27(16-6-22)46-38(49)30-18-17-29-31(35(30)40(46)51)21-32-39(50)47(45-26-13-11-25(44)12-14-26)41(52)42(32,23-7-9-24(43)10-8-23)37(29)36-33(48)19-28(53-2)20-34(36)54-3/h5-17,19-20,30-32,35,37,45,48H,4,18,21H2,1-3H3/t30-,31+,32-,35-,37+,42+/m0/s1. The lowest BCUT2D eigenvalue weighted by Crippen LogP contribution is -2.53. The van der Waals surface area contributed by atoms with Gasteiger partial charge >= 0.3 is 0 Å². The summed E-state index contributed by atoms with van der Waals surface area (Å²) in [5.74, 6) is -6.55. The number of imide groups is 2. The van der Waals surface area contributed by atoms with Gasteiger partial charge < -0.3 is 14.6 Å². The molecule has 4 aromatic carbocycles. The van der Waals surface area contributed by atoms with Gasteiger partial charge in [0.2, 0.25) is 11.8 Å². The maximum absolute atomic E-state index is 15.4. The number of amides is 4. The first-order chi connectivity index (χ1) is 26.0. The summed E-state index contributed by atoms with van der Waals surface area (Å²) in [5, 5.41) is 13.3. The van der Waals surface area contributed by atoms with Crippen LogP contribution >= 0.6 is 11.6 Å². The third-order valence-corrected chi connectivity index (χ3v) is 11.9. The van der Waals surface area contributed by atoms with Gasteiger partial charge in [-0.2, -0.15) is 5.01 Å². The first-order valence-electron chi connectivity index (χ1n) is 17.8. The van der Waals surface area contributed by atoms with Gasteiger partial charge in [-0.1, -0.05) is 54.4 Å². The topological polar surface area (TPSA) is 125 Å². The van der Waals surface area contributed by atoms with Gasteiger partial charge in [-0.25, -0.2) is 4.39 Å². The molecule has 0 spiro atoms. The molecule has 2 aliphatic carbocycles. The van der Waals surface area contributed by atoms with Crippen molar-refractivity contribution in [3.63, 3.8) is 0 Å². The number of benzene rings is 4. The number of halogens is 2. The molecule has 4 aromatic rings. The fraction of sp³-hybridized carbons (Fsp3) is 0.286. The number of allylic oxidation sites excluding steroid dienone is 2. The highest BCUT2D eigenvalue weighted by Crippen LogP contribution is 2.66. The van der Waals surface area contributed by atoms with Gasteiger partial charge in [0, 0.05) is 28.6 Å². The Hall–Kier alpha value is -5.68. The van der Waals surface area contributed by atoms with E-state index >= 15 is 4.79 Å². The number of nitrogens with one attached hydrogen (secondary N) is 1. The molecule has 4 amide bonds. The normalized spacial score (nSPS) is 25.9. The van der Waals surface area contributed by atoms with Gasteiger partial charge in [0.1, 0.15) is 23.1 Å². The van der Waals surface area contributed by atoms with Crippen LogP contribution in [0.5, 0.6) is 17.2 Å².